The Morgan fingerprint density at radius 3 is 1.69 bits per heavy atom. The Labute approximate surface area is 435 Å². The number of para-hydroxylation sites is 3. The Morgan fingerprint density at radius 1 is 0.387 bits per heavy atom. The van der Waals surface area contributed by atoms with Gasteiger partial charge in [-0.05, 0) is 103 Å². The molecule has 6 heteroatoms. The van der Waals surface area contributed by atoms with Crippen LogP contribution in [0.5, 0.6) is 0 Å². The first-order chi connectivity index (χ1) is 37.2. The van der Waals surface area contributed by atoms with Crippen molar-refractivity contribution in [3.8, 4) is 62.1 Å². The van der Waals surface area contributed by atoms with Gasteiger partial charge in [0.2, 0.25) is 0 Å². The maximum Gasteiger partial charge on any atom is 0.164 e. The second-order valence-corrected chi connectivity index (χ2v) is 20.1. The molecule has 1 aliphatic heterocycles. The third-order valence-electron chi connectivity index (χ3n) is 15.9. The van der Waals surface area contributed by atoms with E-state index in [1.54, 1.807) is 0 Å². The van der Waals surface area contributed by atoms with E-state index in [4.69, 9.17) is 15.0 Å². The molecule has 2 aliphatic carbocycles. The van der Waals surface area contributed by atoms with Crippen molar-refractivity contribution in [1.29, 1.82) is 0 Å². The van der Waals surface area contributed by atoms with Crippen LogP contribution in [0.2, 0.25) is 0 Å². The van der Waals surface area contributed by atoms with Gasteiger partial charge in [-0.2, -0.15) is 0 Å². The summed E-state index contributed by atoms with van der Waals surface area (Å²) in [6, 6.07) is 77.3. The summed E-state index contributed by atoms with van der Waals surface area (Å²) < 4.78 is 4.98. The van der Waals surface area contributed by atoms with E-state index >= 15 is 0 Å². The molecule has 4 heterocycles. The highest BCUT2D eigenvalue weighted by Crippen LogP contribution is 2.50. The van der Waals surface area contributed by atoms with E-state index in [2.05, 4.69) is 196 Å². The molecular formula is C69H50N6. The highest BCUT2D eigenvalue weighted by atomic mass is 15.2. The lowest BCUT2D eigenvalue weighted by molar-refractivity contribution is 0.573. The smallest absolute Gasteiger partial charge is 0.164 e. The van der Waals surface area contributed by atoms with Crippen LogP contribution in [0, 0.1) is 0 Å². The van der Waals surface area contributed by atoms with Gasteiger partial charge in [0.15, 0.2) is 17.5 Å². The SMILES string of the molecule is C1=CC(n2c3ccc(-c4ccc(-c5ccc(-c6nc(-c7ccccc7)nc(-c7ccccc7)n6)cc5)cc4-n4c5ccccc5c5ccccc54)cc3c3ccc(N4c5ccccc5C5CCC=CC54)cc32)=CCC1. The van der Waals surface area contributed by atoms with Crippen LogP contribution in [0.15, 0.2) is 243 Å². The van der Waals surface area contributed by atoms with Crippen molar-refractivity contribution < 1.29 is 0 Å². The lowest BCUT2D eigenvalue weighted by Crippen LogP contribution is -2.29. The molecule has 0 N–H and O–H groups in total. The van der Waals surface area contributed by atoms with Crippen molar-refractivity contribution in [2.75, 3.05) is 4.90 Å². The summed E-state index contributed by atoms with van der Waals surface area (Å²) in [5, 5.41) is 4.95. The number of nitrogens with zero attached hydrogens (tertiary/aromatic N) is 6. The average Bonchev–Trinajstić information content (AvgIpc) is 4.13. The maximum absolute atomic E-state index is 5.03. The summed E-state index contributed by atoms with van der Waals surface area (Å²) in [6.45, 7) is 0. The van der Waals surface area contributed by atoms with Gasteiger partial charge < -0.3 is 14.0 Å². The van der Waals surface area contributed by atoms with Gasteiger partial charge in [0.25, 0.3) is 0 Å². The molecule has 12 aromatic rings. The summed E-state index contributed by atoms with van der Waals surface area (Å²) in [5.41, 5.74) is 18.5. The Morgan fingerprint density at radius 2 is 0.987 bits per heavy atom. The van der Waals surface area contributed by atoms with Gasteiger partial charge in [-0.1, -0.05) is 188 Å². The molecule has 0 radical (unpaired) electrons. The fourth-order valence-corrected chi connectivity index (χ4v) is 12.4. The van der Waals surface area contributed by atoms with E-state index in [0.717, 1.165) is 58.3 Å². The molecule has 15 rings (SSSR count). The molecule has 3 aromatic heterocycles. The van der Waals surface area contributed by atoms with E-state index in [9.17, 15) is 0 Å². The van der Waals surface area contributed by atoms with Crippen LogP contribution in [-0.2, 0) is 0 Å². The van der Waals surface area contributed by atoms with Crippen molar-refractivity contribution in [3.05, 3.63) is 248 Å². The van der Waals surface area contributed by atoms with Gasteiger partial charge in [-0.3, -0.25) is 0 Å². The number of hydrogen-bond donors (Lipinski definition) is 0. The van der Waals surface area contributed by atoms with Crippen molar-refractivity contribution >= 4 is 60.7 Å². The summed E-state index contributed by atoms with van der Waals surface area (Å²) in [4.78, 5) is 17.6. The molecule has 0 fully saturated rings. The molecule has 3 aliphatic rings. The Hall–Kier alpha value is -9.39. The normalized spacial score (nSPS) is 16.0. The third-order valence-corrected chi connectivity index (χ3v) is 15.9. The third kappa shape index (κ3) is 7.20. The van der Waals surface area contributed by atoms with Crippen molar-refractivity contribution in [2.24, 2.45) is 0 Å². The molecule has 0 spiro atoms. The summed E-state index contributed by atoms with van der Waals surface area (Å²) in [6.07, 6.45) is 16.3. The number of fused-ring (bicyclic) bond motifs is 9. The predicted molar refractivity (Wildman–Crippen MR) is 310 cm³/mol. The minimum Gasteiger partial charge on any atom is -0.334 e. The molecule has 0 bridgehead atoms. The minimum atomic E-state index is 0.309. The molecule has 75 heavy (non-hydrogen) atoms. The van der Waals surface area contributed by atoms with E-state index in [1.165, 1.54) is 78.2 Å². The quantitative estimate of drug-likeness (QED) is 0.142. The molecule has 2 atom stereocenters. The van der Waals surface area contributed by atoms with Gasteiger partial charge in [0.1, 0.15) is 0 Å². The molecule has 356 valence electrons. The number of hydrogen-bond acceptors (Lipinski definition) is 4. The molecule has 6 nitrogen and oxygen atoms in total. The van der Waals surface area contributed by atoms with Crippen LogP contribution in [0.4, 0.5) is 11.4 Å². The number of allylic oxidation sites excluding steroid dienone is 5. The average molecular weight is 963 g/mol. The first kappa shape index (κ1) is 43.2. The zero-order chi connectivity index (χ0) is 49.4. The lowest BCUT2D eigenvalue weighted by atomic mass is 9.86. The molecule has 0 saturated heterocycles. The van der Waals surface area contributed by atoms with E-state index in [1.807, 2.05) is 60.7 Å². The van der Waals surface area contributed by atoms with Crippen molar-refractivity contribution in [2.45, 2.75) is 37.6 Å². The zero-order valence-corrected chi connectivity index (χ0v) is 41.3. The van der Waals surface area contributed by atoms with E-state index < -0.39 is 0 Å². The van der Waals surface area contributed by atoms with Crippen LogP contribution >= 0.6 is 0 Å². The van der Waals surface area contributed by atoms with Crippen LogP contribution in [0.1, 0.15) is 37.2 Å². The van der Waals surface area contributed by atoms with Gasteiger partial charge in [0, 0.05) is 66.8 Å². The maximum atomic E-state index is 5.03. The number of anilines is 2. The Kier molecular flexibility index (Phi) is 10.2. The van der Waals surface area contributed by atoms with Gasteiger partial charge in [-0.15, -0.1) is 0 Å². The van der Waals surface area contributed by atoms with Gasteiger partial charge in [0.05, 0.1) is 33.8 Å². The molecule has 0 saturated carbocycles. The summed E-state index contributed by atoms with van der Waals surface area (Å²) in [7, 11) is 0. The molecule has 2 unspecified atom stereocenters. The van der Waals surface area contributed by atoms with Crippen LogP contribution in [0.3, 0.4) is 0 Å². The topological polar surface area (TPSA) is 51.8 Å². The number of aromatic nitrogens is 5. The van der Waals surface area contributed by atoms with Gasteiger partial charge in [-0.25, -0.2) is 15.0 Å². The van der Waals surface area contributed by atoms with Gasteiger partial charge >= 0.3 is 0 Å². The first-order valence-corrected chi connectivity index (χ1v) is 26.3. The molecule has 9 aromatic carbocycles. The predicted octanol–water partition coefficient (Wildman–Crippen LogP) is 17.6. The summed E-state index contributed by atoms with van der Waals surface area (Å²) in [5.74, 6) is 2.43. The van der Waals surface area contributed by atoms with Crippen LogP contribution < -0.4 is 4.90 Å². The zero-order valence-electron chi connectivity index (χ0n) is 41.3. The van der Waals surface area contributed by atoms with E-state index in [0.29, 0.717) is 29.4 Å². The fourth-order valence-electron chi connectivity index (χ4n) is 12.4. The second-order valence-electron chi connectivity index (χ2n) is 20.1. The monoisotopic (exact) mass is 962 g/mol. The number of rotatable bonds is 8. The van der Waals surface area contributed by atoms with Crippen LogP contribution in [-0.4, -0.2) is 30.1 Å². The van der Waals surface area contributed by atoms with Crippen LogP contribution in [0.25, 0.3) is 111 Å². The largest absolute Gasteiger partial charge is 0.334 e. The first-order valence-electron chi connectivity index (χ1n) is 26.3. The summed E-state index contributed by atoms with van der Waals surface area (Å²) >= 11 is 0. The highest BCUT2D eigenvalue weighted by molar-refractivity contribution is 6.13. The second kappa shape index (κ2) is 17.7. The highest BCUT2D eigenvalue weighted by Gasteiger charge is 2.38. The lowest BCUT2D eigenvalue weighted by Gasteiger charge is -2.30. The van der Waals surface area contributed by atoms with Crippen molar-refractivity contribution in [3.63, 3.8) is 0 Å². The number of benzene rings is 9. The molecule has 0 amide bonds. The minimum absolute atomic E-state index is 0.309. The molecular weight excluding hydrogens is 913 g/mol. The fraction of sp³-hybridized carbons (Fsp3) is 0.0870. The Bertz CT molecular complexity index is 4200. The Balaban J connectivity index is 0.886. The van der Waals surface area contributed by atoms with E-state index in [-0.39, 0.29) is 0 Å². The standard InChI is InChI=1S/C69H50N6/c1-4-18-46(19-5-1)67-70-68(47-20-6-2-7-21-47)72-69(71-67)48-34-32-45(33-35-48)49-36-39-53(65(43-49)75-62-30-16-12-26-56(62)57-27-13-17-31-63(57)75)50-37-41-64-59(42-50)58-40-38-52(44-66(58)73(64)51-22-8-3-9-23-51)74-60-28-14-10-24-54(60)55-25-11-15-29-61(55)74/h1-2,4-8,10,12-24,26-44,55,61H,3,9,11,25H2. The van der Waals surface area contributed by atoms with Crippen molar-refractivity contribution in [1.82, 2.24) is 24.1 Å².